The van der Waals surface area contributed by atoms with Gasteiger partial charge in [-0.25, -0.2) is 0 Å². The third-order valence-corrected chi connectivity index (χ3v) is 26.7. The van der Waals surface area contributed by atoms with Gasteiger partial charge in [0.05, 0.1) is 0 Å². The first kappa shape index (κ1) is 33.3. The van der Waals surface area contributed by atoms with Crippen LogP contribution in [0.5, 0.6) is 0 Å². The third kappa shape index (κ3) is 5.99. The molecule has 1 fully saturated rings. The molecule has 7 heteroatoms. The van der Waals surface area contributed by atoms with E-state index in [0.29, 0.717) is 29.2 Å². The standard InChI is InChI=1S/C38H53GeNO3S2/c1-6-9-11-12-13-17-21-40-37(41)32-26(5)43-34(33(32)38(40)42)31-23-30-36(45-31)35-29(22-25(4)44-35)39(30,28-19-15-14-16-20-28)24-27(8-3)18-10-7-2/h22-23,27-28H,6-21,24H2,1-5H3. The molecule has 2 amide bonds. The topological polar surface area (TPSA) is 50.5 Å². The van der Waals surface area contributed by atoms with E-state index in [9.17, 15) is 9.59 Å². The molecule has 1 aliphatic carbocycles. The van der Waals surface area contributed by atoms with Gasteiger partial charge in [0.2, 0.25) is 0 Å². The van der Waals surface area contributed by atoms with Gasteiger partial charge < -0.3 is 0 Å². The fourth-order valence-corrected chi connectivity index (χ4v) is 28.3. The Morgan fingerprint density at radius 1 is 0.844 bits per heavy atom. The van der Waals surface area contributed by atoms with Crippen LogP contribution in [0.3, 0.4) is 0 Å². The van der Waals surface area contributed by atoms with Crippen molar-refractivity contribution in [1.82, 2.24) is 4.90 Å². The zero-order valence-corrected chi connectivity index (χ0v) is 32.0. The van der Waals surface area contributed by atoms with E-state index in [1.807, 2.05) is 29.6 Å². The Kier molecular flexibility index (Phi) is 10.5. The SMILES string of the molecule is CCCCCCCCN1C(=O)c2c(C)oc(-c3c[c]4c(s3)-c3sc(C)c[c]3[Ge]4([CH2]C(CC)CCCC)[CH]3CCCCC3)c2C1=O. The number of carbonyl (C=O) groups is 2. The summed E-state index contributed by atoms with van der Waals surface area (Å²) in [5, 5.41) is 1.40. The summed E-state index contributed by atoms with van der Waals surface area (Å²) in [7, 11) is 0. The summed E-state index contributed by atoms with van der Waals surface area (Å²) < 4.78 is 10.7. The molecule has 3 aromatic heterocycles. The number of rotatable bonds is 15. The van der Waals surface area contributed by atoms with Crippen molar-refractivity contribution in [3.8, 4) is 20.4 Å². The molecule has 2 atom stereocenters. The average molecular weight is 709 g/mol. The molecule has 45 heavy (non-hydrogen) atoms. The Morgan fingerprint density at radius 3 is 2.24 bits per heavy atom. The Labute approximate surface area is 281 Å². The Bertz CT molecular complexity index is 1530. The van der Waals surface area contributed by atoms with Crippen LogP contribution in [0.2, 0.25) is 10.0 Å². The number of carbonyl (C=O) groups excluding carboxylic acids is 2. The molecule has 5 heterocycles. The van der Waals surface area contributed by atoms with Crippen LogP contribution in [0, 0.1) is 19.8 Å². The van der Waals surface area contributed by atoms with Crippen molar-refractivity contribution in [3.05, 3.63) is 33.9 Å². The van der Waals surface area contributed by atoms with Crippen molar-refractivity contribution in [1.29, 1.82) is 0 Å². The van der Waals surface area contributed by atoms with Gasteiger partial charge in [-0.2, -0.15) is 0 Å². The second kappa shape index (κ2) is 14.2. The van der Waals surface area contributed by atoms with Gasteiger partial charge in [0.1, 0.15) is 0 Å². The molecule has 0 radical (unpaired) electrons. The number of furan rings is 1. The summed E-state index contributed by atoms with van der Waals surface area (Å²) in [6, 6.07) is 5.08. The zero-order valence-electron chi connectivity index (χ0n) is 28.3. The maximum absolute atomic E-state index is 13.9. The normalized spacial score (nSPS) is 20.2. The van der Waals surface area contributed by atoms with Crippen molar-refractivity contribution in [2.75, 3.05) is 6.54 Å². The van der Waals surface area contributed by atoms with Gasteiger partial charge in [0, 0.05) is 0 Å². The summed E-state index contributed by atoms with van der Waals surface area (Å²) in [5.41, 5.74) is 1.03. The fourth-order valence-electron chi connectivity index (χ4n) is 8.78. The molecule has 0 saturated heterocycles. The van der Waals surface area contributed by atoms with E-state index in [1.54, 1.807) is 8.79 Å². The van der Waals surface area contributed by atoms with Gasteiger partial charge in [0.15, 0.2) is 0 Å². The van der Waals surface area contributed by atoms with E-state index in [4.69, 9.17) is 4.42 Å². The fraction of sp³-hybridized carbons (Fsp3) is 0.632. The average Bonchev–Trinajstić information content (AvgIpc) is 3.83. The molecular weight excluding hydrogens is 655 g/mol. The Morgan fingerprint density at radius 2 is 1.51 bits per heavy atom. The molecule has 0 bridgehead atoms. The molecule has 0 spiro atoms. The van der Waals surface area contributed by atoms with E-state index in [0.717, 1.165) is 28.4 Å². The molecule has 2 unspecified atom stereocenters. The number of aryl methyl sites for hydroxylation is 2. The first-order valence-electron chi connectivity index (χ1n) is 18.1. The van der Waals surface area contributed by atoms with Gasteiger partial charge in [0.25, 0.3) is 0 Å². The Hall–Kier alpha value is -1.64. The monoisotopic (exact) mass is 709 g/mol. The molecule has 0 aromatic carbocycles. The summed E-state index contributed by atoms with van der Waals surface area (Å²) >= 11 is 1.03. The van der Waals surface area contributed by atoms with E-state index >= 15 is 0 Å². The molecule has 3 aliphatic rings. The predicted octanol–water partition coefficient (Wildman–Crippen LogP) is 10.7. The first-order valence-corrected chi connectivity index (χ1v) is 24.5. The number of fused-ring (bicyclic) bond motifs is 4. The van der Waals surface area contributed by atoms with E-state index in [1.165, 1.54) is 108 Å². The first-order chi connectivity index (χ1) is 21.8. The summed E-state index contributed by atoms with van der Waals surface area (Å²) in [6.45, 7) is 11.6. The molecule has 6 rings (SSSR count). The summed E-state index contributed by atoms with van der Waals surface area (Å²) in [6.07, 6.45) is 18.8. The van der Waals surface area contributed by atoms with E-state index in [-0.39, 0.29) is 11.8 Å². The number of nitrogens with zero attached hydrogens (tertiary/aromatic N) is 1. The Balaban J connectivity index is 1.38. The van der Waals surface area contributed by atoms with Crippen LogP contribution in [0.1, 0.15) is 148 Å². The number of amides is 2. The molecule has 1 saturated carbocycles. The number of imide groups is 1. The van der Waals surface area contributed by atoms with Gasteiger partial charge in [-0.15, -0.1) is 0 Å². The van der Waals surface area contributed by atoms with Gasteiger partial charge in [-0.05, 0) is 0 Å². The van der Waals surface area contributed by atoms with Gasteiger partial charge in [-0.3, -0.25) is 0 Å². The second-order valence-corrected chi connectivity index (χ2v) is 25.4. The number of hydrogen-bond acceptors (Lipinski definition) is 5. The molecule has 244 valence electrons. The van der Waals surface area contributed by atoms with E-state index < -0.39 is 13.3 Å². The maximum atomic E-state index is 13.9. The minimum absolute atomic E-state index is 0.151. The van der Waals surface area contributed by atoms with Crippen LogP contribution in [-0.4, -0.2) is 36.5 Å². The van der Waals surface area contributed by atoms with Gasteiger partial charge in [-0.1, -0.05) is 19.8 Å². The van der Waals surface area contributed by atoms with Crippen LogP contribution >= 0.6 is 22.7 Å². The molecule has 2 aliphatic heterocycles. The van der Waals surface area contributed by atoms with E-state index in [2.05, 4.69) is 39.8 Å². The van der Waals surface area contributed by atoms with Crippen LogP contribution in [0.25, 0.3) is 20.4 Å². The zero-order chi connectivity index (χ0) is 31.7. The quantitative estimate of drug-likeness (QED) is 0.0897. The van der Waals surface area contributed by atoms with Crippen molar-refractivity contribution < 1.29 is 14.0 Å². The third-order valence-electron chi connectivity index (χ3n) is 11.2. The second-order valence-electron chi connectivity index (χ2n) is 14.1. The van der Waals surface area contributed by atoms with Crippen molar-refractivity contribution in [2.45, 2.75) is 141 Å². The van der Waals surface area contributed by atoms with Crippen molar-refractivity contribution >= 4 is 56.5 Å². The number of hydrogen-bond donors (Lipinski definition) is 0. The molecule has 4 nitrogen and oxygen atoms in total. The van der Waals surface area contributed by atoms with Crippen LogP contribution in [-0.2, 0) is 0 Å². The van der Waals surface area contributed by atoms with Crippen LogP contribution in [0.15, 0.2) is 16.5 Å². The van der Waals surface area contributed by atoms with Crippen LogP contribution < -0.4 is 8.79 Å². The predicted molar refractivity (Wildman–Crippen MR) is 194 cm³/mol. The molecule has 3 aromatic rings. The number of unbranched alkanes of at least 4 members (excludes halogenated alkanes) is 6. The van der Waals surface area contributed by atoms with Gasteiger partial charge >= 0.3 is 263 Å². The number of thiophene rings is 2. The summed E-state index contributed by atoms with van der Waals surface area (Å²) in [5.74, 6) is 1.71. The van der Waals surface area contributed by atoms with Crippen molar-refractivity contribution in [2.24, 2.45) is 5.92 Å². The van der Waals surface area contributed by atoms with Crippen LogP contribution in [0.4, 0.5) is 0 Å². The van der Waals surface area contributed by atoms with Crippen molar-refractivity contribution in [3.63, 3.8) is 0 Å². The molecular formula is C38H53GeNO3S2. The molecule has 0 N–H and O–H groups in total. The minimum atomic E-state index is -2.81. The summed E-state index contributed by atoms with van der Waals surface area (Å²) in [4.78, 5) is 34.4.